The number of aliphatic hydroxyl groups excluding tert-OH is 3. The van der Waals surface area contributed by atoms with Crippen LogP contribution in [0, 0.1) is 5.41 Å². The Morgan fingerprint density at radius 1 is 0.391 bits per heavy atom. The lowest BCUT2D eigenvalue weighted by Crippen LogP contribution is -2.80. The number of hydrogen-bond donors (Lipinski definition) is 4. The van der Waals surface area contributed by atoms with Crippen molar-refractivity contribution >= 4 is 0 Å². The fraction of sp³-hybridized carbons (Fsp3) is 1.00. The van der Waals surface area contributed by atoms with Crippen LogP contribution in [-0.2, 0) is 14.2 Å². The molecular weight excluding hydrogens is 720 g/mol. The molecule has 0 aromatic carbocycles. The van der Waals surface area contributed by atoms with Gasteiger partial charge in [0.1, 0.15) is 25.4 Å². The highest BCUT2D eigenvalue weighted by Crippen LogP contribution is 2.71. The van der Waals surface area contributed by atoms with Crippen molar-refractivity contribution in [2.45, 2.75) is 92.6 Å². The monoisotopic (exact) mass is 740 g/mol. The highest BCUT2D eigenvalue weighted by atomic mass is 19.4. The van der Waals surface area contributed by atoms with Crippen molar-refractivity contribution in [2.75, 3.05) is 19.8 Å². The van der Waals surface area contributed by atoms with Gasteiger partial charge in [0.15, 0.2) is 0 Å². The molecule has 0 aromatic rings. The van der Waals surface area contributed by atoms with Gasteiger partial charge in [0.05, 0.1) is 0 Å². The van der Waals surface area contributed by atoms with Gasteiger partial charge in [-0.15, -0.1) is 0 Å². The minimum absolute atomic E-state index is 0.00326. The minimum atomic E-state index is -8.94. The van der Waals surface area contributed by atoms with Crippen LogP contribution in [0.4, 0.5) is 87.8 Å². The molecule has 0 saturated carbocycles. The SMILES string of the molecule is CCC(O)(CC)C(F)(F)C(C(F)(F)OC(F)(F)C(F)(F)CO)(C(F)(F)OC(F)(F)C(F)(F)CO)C(F)(F)OC(F)(F)C(F)(F)CO. The third-order valence-electron chi connectivity index (χ3n) is 6.18. The van der Waals surface area contributed by atoms with Crippen LogP contribution < -0.4 is 0 Å². The zero-order valence-electron chi connectivity index (χ0n) is 22.1. The maximum absolute atomic E-state index is 15.8. The van der Waals surface area contributed by atoms with Gasteiger partial charge < -0.3 is 20.4 Å². The summed E-state index contributed by atoms with van der Waals surface area (Å²) in [6.45, 7) is -10.5. The van der Waals surface area contributed by atoms with Gasteiger partial charge in [0, 0.05) is 0 Å². The number of halogens is 20. The Balaban J connectivity index is 8.79. The molecule has 0 saturated heterocycles. The first-order valence-corrected chi connectivity index (χ1v) is 11.4. The Hall–Kier alpha value is -1.68. The minimum Gasteiger partial charge on any atom is -0.390 e. The molecule has 46 heavy (non-hydrogen) atoms. The molecule has 0 unspecified atom stereocenters. The van der Waals surface area contributed by atoms with Crippen molar-refractivity contribution in [3.05, 3.63) is 0 Å². The van der Waals surface area contributed by atoms with Crippen LogP contribution in [0.3, 0.4) is 0 Å². The summed E-state index contributed by atoms with van der Waals surface area (Å²) >= 11 is 0. The topological polar surface area (TPSA) is 109 Å². The quantitative estimate of drug-likeness (QED) is 0.127. The van der Waals surface area contributed by atoms with E-state index >= 15 is 35.1 Å². The van der Waals surface area contributed by atoms with Gasteiger partial charge in [-0.1, -0.05) is 13.8 Å². The highest BCUT2D eigenvalue weighted by molar-refractivity contribution is 5.17. The predicted molar refractivity (Wildman–Crippen MR) is 102 cm³/mol. The second kappa shape index (κ2) is 12.6. The first kappa shape index (κ1) is 44.3. The Kier molecular flexibility index (Phi) is 12.2. The summed E-state index contributed by atoms with van der Waals surface area (Å²) < 4.78 is 293. The van der Waals surface area contributed by atoms with E-state index in [1.807, 2.05) is 0 Å². The van der Waals surface area contributed by atoms with Gasteiger partial charge in [-0.05, 0) is 12.8 Å². The largest absolute Gasteiger partial charge is 0.426 e. The van der Waals surface area contributed by atoms with E-state index in [4.69, 9.17) is 15.3 Å². The summed E-state index contributed by atoms with van der Waals surface area (Å²) in [6.07, 6.45) is -53.6. The molecule has 0 aliphatic rings. The van der Waals surface area contributed by atoms with Crippen LogP contribution in [0.1, 0.15) is 26.7 Å². The Bertz CT molecular complexity index is 928. The normalized spacial score (nSPS) is 16.3. The van der Waals surface area contributed by atoms with Crippen LogP contribution in [0.5, 0.6) is 0 Å². The molecule has 0 aliphatic heterocycles. The molecule has 0 spiro atoms. The van der Waals surface area contributed by atoms with E-state index in [9.17, 15) is 57.8 Å². The van der Waals surface area contributed by atoms with E-state index < -0.39 is 104 Å². The molecule has 0 radical (unpaired) electrons. The van der Waals surface area contributed by atoms with E-state index in [-0.39, 0.29) is 13.8 Å². The molecule has 278 valence electrons. The molecule has 27 heteroatoms. The highest BCUT2D eigenvalue weighted by Gasteiger charge is 2.98. The average Bonchev–Trinajstić information content (AvgIpc) is 2.84. The lowest BCUT2D eigenvalue weighted by atomic mass is 9.67. The Morgan fingerprint density at radius 3 is 0.739 bits per heavy atom. The molecule has 7 nitrogen and oxygen atoms in total. The van der Waals surface area contributed by atoms with E-state index in [2.05, 4.69) is 0 Å². The second-order valence-electron chi connectivity index (χ2n) is 9.06. The summed E-state index contributed by atoms with van der Waals surface area (Å²) in [4.78, 5) is 0. The van der Waals surface area contributed by atoms with Crippen LogP contribution in [-0.4, -0.2) is 106 Å². The zero-order valence-corrected chi connectivity index (χ0v) is 22.1. The molecule has 0 fully saturated rings. The number of alkyl halides is 20. The lowest BCUT2D eigenvalue weighted by molar-refractivity contribution is -0.602. The molecule has 0 aliphatic carbocycles. The fourth-order valence-corrected chi connectivity index (χ4v) is 3.31. The standard InChI is InChI=1S/C19H20F20O7/c1-3-8(43,4-2)13(26,27)12(17(34,35)44-14(28,29)9(20,21)5-40,18(36,37)45-15(30,31)10(22,23)6-41)19(38,39)46-16(32,33)11(24,25)7-42/h40-43H,3-7H2,1-2H3. The first-order valence-electron chi connectivity index (χ1n) is 11.4. The van der Waals surface area contributed by atoms with Crippen molar-refractivity contribution < 1.29 is 122 Å². The van der Waals surface area contributed by atoms with Crippen LogP contribution in [0.15, 0.2) is 0 Å². The van der Waals surface area contributed by atoms with E-state index in [0.29, 0.717) is 0 Å². The molecule has 0 aromatic heterocycles. The van der Waals surface area contributed by atoms with Crippen molar-refractivity contribution in [2.24, 2.45) is 5.41 Å². The molecule has 0 atom stereocenters. The molecule has 4 N–H and O–H groups in total. The smallest absolute Gasteiger partial charge is 0.390 e. The van der Waals surface area contributed by atoms with Gasteiger partial charge in [0.25, 0.3) is 0 Å². The number of ether oxygens (including phenoxy) is 3. The van der Waals surface area contributed by atoms with Crippen molar-refractivity contribution in [1.29, 1.82) is 0 Å². The van der Waals surface area contributed by atoms with Crippen LogP contribution >= 0.6 is 0 Å². The summed E-state index contributed by atoms with van der Waals surface area (Å²) in [5, 5.41) is 34.8. The Labute approximate surface area is 241 Å². The lowest BCUT2D eigenvalue weighted by Gasteiger charge is -2.54. The third-order valence-corrected chi connectivity index (χ3v) is 6.18. The molecular formula is C19H20F20O7. The maximum Gasteiger partial charge on any atom is 0.426 e. The zero-order chi connectivity index (χ0) is 37.7. The van der Waals surface area contributed by atoms with E-state index in [1.54, 1.807) is 14.2 Å². The van der Waals surface area contributed by atoms with E-state index in [1.165, 1.54) is 0 Å². The maximum atomic E-state index is 15.8. The van der Waals surface area contributed by atoms with Crippen molar-refractivity contribution in [3.8, 4) is 0 Å². The van der Waals surface area contributed by atoms with E-state index in [0.717, 1.165) is 0 Å². The number of rotatable bonds is 19. The second-order valence-corrected chi connectivity index (χ2v) is 9.06. The molecule has 0 amide bonds. The summed E-state index contributed by atoms with van der Waals surface area (Å²) in [5.74, 6) is -28.1. The van der Waals surface area contributed by atoms with Gasteiger partial charge in [-0.25, -0.2) is 23.0 Å². The number of hydrogen-bond acceptors (Lipinski definition) is 7. The summed E-state index contributed by atoms with van der Waals surface area (Å²) in [5.41, 5.74) is -14.2. The average molecular weight is 740 g/mol. The number of aliphatic hydroxyl groups is 4. The van der Waals surface area contributed by atoms with Gasteiger partial charge in [-0.3, -0.25) is 0 Å². The van der Waals surface area contributed by atoms with Crippen molar-refractivity contribution in [1.82, 2.24) is 0 Å². The predicted octanol–water partition coefficient (Wildman–Crippen LogP) is 5.65. The molecule has 0 bridgehead atoms. The summed E-state index contributed by atoms with van der Waals surface area (Å²) in [6, 6.07) is 0. The van der Waals surface area contributed by atoms with Gasteiger partial charge >= 0.3 is 65.8 Å². The van der Waals surface area contributed by atoms with Crippen LogP contribution in [0.25, 0.3) is 0 Å². The van der Waals surface area contributed by atoms with Gasteiger partial charge in [-0.2, -0.15) is 79.0 Å². The fourth-order valence-electron chi connectivity index (χ4n) is 3.31. The van der Waals surface area contributed by atoms with Crippen molar-refractivity contribution in [3.63, 3.8) is 0 Å². The first-order chi connectivity index (χ1) is 19.9. The van der Waals surface area contributed by atoms with Gasteiger partial charge in [0.2, 0.25) is 0 Å². The Morgan fingerprint density at radius 2 is 0.587 bits per heavy atom. The van der Waals surface area contributed by atoms with Crippen LogP contribution in [0.2, 0.25) is 0 Å². The molecule has 0 rings (SSSR count). The third kappa shape index (κ3) is 6.77. The summed E-state index contributed by atoms with van der Waals surface area (Å²) in [7, 11) is 0. The molecule has 0 heterocycles.